The highest BCUT2D eigenvalue weighted by Crippen LogP contribution is 2.20. The summed E-state index contributed by atoms with van der Waals surface area (Å²) in [5.74, 6) is -3.04. The van der Waals surface area contributed by atoms with Gasteiger partial charge in [0.2, 0.25) is 5.91 Å². The van der Waals surface area contributed by atoms with Crippen LogP contribution < -0.4 is 5.32 Å². The third-order valence-corrected chi connectivity index (χ3v) is 4.92. The monoisotopic (exact) mass is 420 g/mol. The van der Waals surface area contributed by atoms with Crippen LogP contribution in [-0.4, -0.2) is 59.2 Å². The van der Waals surface area contributed by atoms with Crippen LogP contribution in [0.4, 0.5) is 4.79 Å². The number of likely N-dealkylation sites (tertiary alicyclic amines) is 1. The highest BCUT2D eigenvalue weighted by Gasteiger charge is 2.38. The van der Waals surface area contributed by atoms with E-state index in [1.807, 2.05) is 30.3 Å². The van der Waals surface area contributed by atoms with Gasteiger partial charge < -0.3 is 19.9 Å². The molecule has 164 valence electrons. The van der Waals surface area contributed by atoms with E-state index in [4.69, 9.17) is 9.47 Å². The van der Waals surface area contributed by atoms with E-state index in [0.29, 0.717) is 19.4 Å². The smallest absolute Gasteiger partial charge is 0.410 e. The summed E-state index contributed by atoms with van der Waals surface area (Å²) in [5.41, 5.74) is 0.824. The van der Waals surface area contributed by atoms with Crippen LogP contribution in [0.3, 0.4) is 0 Å². The maximum absolute atomic E-state index is 12.7. The molecule has 2 amide bonds. The molecule has 0 radical (unpaired) electrons. The Balaban J connectivity index is 1.96. The largest absolute Gasteiger partial charge is 0.480 e. The van der Waals surface area contributed by atoms with Crippen LogP contribution in [0.5, 0.6) is 0 Å². The molecule has 2 rings (SSSR count). The van der Waals surface area contributed by atoms with Crippen molar-refractivity contribution in [2.45, 2.75) is 51.8 Å². The lowest BCUT2D eigenvalue weighted by molar-refractivity contribution is -0.147. The van der Waals surface area contributed by atoms with Gasteiger partial charge in [-0.3, -0.25) is 14.5 Å². The van der Waals surface area contributed by atoms with Crippen molar-refractivity contribution in [2.75, 3.05) is 13.2 Å². The van der Waals surface area contributed by atoms with Crippen molar-refractivity contribution in [2.24, 2.45) is 5.92 Å². The number of nitrogens with zero attached hydrogens (tertiary/aromatic N) is 1. The van der Waals surface area contributed by atoms with E-state index < -0.39 is 41.9 Å². The number of carboxylic acid groups (broad SMARTS) is 1. The lowest BCUT2D eigenvalue weighted by Crippen LogP contribution is -2.53. The van der Waals surface area contributed by atoms with Gasteiger partial charge in [0.1, 0.15) is 18.7 Å². The summed E-state index contributed by atoms with van der Waals surface area (Å²) in [5, 5.41) is 12.0. The fraction of sp³-hybridized carbons (Fsp3) is 0.524. The number of aliphatic carboxylic acids is 1. The second-order valence-corrected chi connectivity index (χ2v) is 7.20. The van der Waals surface area contributed by atoms with Crippen LogP contribution in [-0.2, 0) is 30.5 Å². The van der Waals surface area contributed by atoms with Crippen LogP contribution in [0, 0.1) is 5.92 Å². The van der Waals surface area contributed by atoms with Crippen LogP contribution in [0.1, 0.15) is 38.7 Å². The number of benzene rings is 1. The number of carboxylic acids is 1. The predicted molar refractivity (Wildman–Crippen MR) is 106 cm³/mol. The number of hydrogen-bond donors (Lipinski definition) is 2. The molecule has 1 saturated heterocycles. The van der Waals surface area contributed by atoms with Crippen molar-refractivity contribution in [3.8, 4) is 0 Å². The van der Waals surface area contributed by atoms with Gasteiger partial charge in [0.25, 0.3) is 0 Å². The van der Waals surface area contributed by atoms with Crippen molar-refractivity contribution in [3.63, 3.8) is 0 Å². The minimum absolute atomic E-state index is 0.0822. The van der Waals surface area contributed by atoms with E-state index in [0.717, 1.165) is 5.56 Å². The van der Waals surface area contributed by atoms with Gasteiger partial charge in [0, 0.05) is 6.54 Å². The second-order valence-electron chi connectivity index (χ2n) is 7.20. The molecule has 0 saturated carbocycles. The topological polar surface area (TPSA) is 122 Å². The Labute approximate surface area is 175 Å². The van der Waals surface area contributed by atoms with Gasteiger partial charge >= 0.3 is 18.0 Å². The molecule has 3 atom stereocenters. The van der Waals surface area contributed by atoms with Gasteiger partial charge in [0.05, 0.1) is 13.0 Å². The maximum Gasteiger partial charge on any atom is 0.410 e. The van der Waals surface area contributed by atoms with Gasteiger partial charge in [0.15, 0.2) is 0 Å². The van der Waals surface area contributed by atoms with E-state index in [1.54, 1.807) is 13.8 Å². The highest BCUT2D eigenvalue weighted by molar-refractivity contribution is 5.90. The molecule has 2 N–H and O–H groups in total. The Morgan fingerprint density at radius 2 is 1.90 bits per heavy atom. The first-order valence-electron chi connectivity index (χ1n) is 9.99. The molecule has 0 spiro atoms. The van der Waals surface area contributed by atoms with Gasteiger partial charge in [-0.2, -0.15) is 0 Å². The van der Waals surface area contributed by atoms with E-state index >= 15 is 0 Å². The van der Waals surface area contributed by atoms with E-state index in [-0.39, 0.29) is 19.6 Å². The Hall–Kier alpha value is -3.10. The summed E-state index contributed by atoms with van der Waals surface area (Å²) < 4.78 is 10.1. The SMILES string of the molecule is CCOC(=O)C[C@@H](C)[C@@H](NC(=O)[C@H]1CCCN1C(=O)OCc1ccccc1)C(=O)O. The molecule has 0 bridgehead atoms. The number of hydrogen-bond acceptors (Lipinski definition) is 6. The molecule has 9 nitrogen and oxygen atoms in total. The Kier molecular flexibility index (Phi) is 8.64. The molecule has 1 fully saturated rings. The maximum atomic E-state index is 12.7. The van der Waals surface area contributed by atoms with Crippen molar-refractivity contribution >= 4 is 23.9 Å². The quantitative estimate of drug-likeness (QED) is 0.586. The zero-order chi connectivity index (χ0) is 22.1. The van der Waals surface area contributed by atoms with Gasteiger partial charge in [-0.15, -0.1) is 0 Å². The first-order chi connectivity index (χ1) is 14.3. The van der Waals surface area contributed by atoms with Crippen LogP contribution >= 0.6 is 0 Å². The number of rotatable bonds is 9. The summed E-state index contributed by atoms with van der Waals surface area (Å²) in [6.07, 6.45) is 0.251. The Morgan fingerprint density at radius 3 is 2.53 bits per heavy atom. The fourth-order valence-electron chi connectivity index (χ4n) is 3.36. The average molecular weight is 420 g/mol. The molecule has 1 aliphatic rings. The van der Waals surface area contributed by atoms with E-state index in [2.05, 4.69) is 5.32 Å². The average Bonchev–Trinajstić information content (AvgIpc) is 3.20. The Morgan fingerprint density at radius 1 is 1.20 bits per heavy atom. The van der Waals surface area contributed by atoms with Gasteiger partial charge in [-0.1, -0.05) is 37.3 Å². The fourth-order valence-corrected chi connectivity index (χ4v) is 3.36. The van der Waals surface area contributed by atoms with Crippen molar-refractivity contribution in [3.05, 3.63) is 35.9 Å². The summed E-state index contributed by atoms with van der Waals surface area (Å²) in [7, 11) is 0. The molecular weight excluding hydrogens is 392 g/mol. The standard InChI is InChI=1S/C21H28N2O7/c1-3-29-17(24)12-14(2)18(20(26)27)22-19(25)16-10-7-11-23(16)21(28)30-13-15-8-5-4-6-9-15/h4-6,8-9,14,16,18H,3,7,10-13H2,1-2H3,(H,22,25)(H,26,27)/t14-,16-,18-/m1/s1. The molecule has 30 heavy (non-hydrogen) atoms. The third-order valence-electron chi connectivity index (χ3n) is 4.92. The van der Waals surface area contributed by atoms with Gasteiger partial charge in [-0.25, -0.2) is 9.59 Å². The Bertz CT molecular complexity index is 753. The van der Waals surface area contributed by atoms with Crippen molar-refractivity contribution in [1.82, 2.24) is 10.2 Å². The molecule has 1 heterocycles. The van der Waals surface area contributed by atoms with Crippen LogP contribution in [0.25, 0.3) is 0 Å². The number of carbonyl (C=O) groups excluding carboxylic acids is 3. The lowest BCUT2D eigenvalue weighted by atomic mass is 9.97. The number of carbonyl (C=O) groups is 4. The van der Waals surface area contributed by atoms with Crippen molar-refractivity contribution < 1.29 is 33.8 Å². The number of ether oxygens (including phenoxy) is 2. The van der Waals surface area contributed by atoms with Crippen LogP contribution in [0.2, 0.25) is 0 Å². The molecule has 1 aromatic rings. The van der Waals surface area contributed by atoms with Gasteiger partial charge in [-0.05, 0) is 31.2 Å². The molecule has 0 aliphatic carbocycles. The molecule has 0 unspecified atom stereocenters. The normalized spacial score (nSPS) is 17.7. The van der Waals surface area contributed by atoms with Crippen LogP contribution in [0.15, 0.2) is 30.3 Å². The molecule has 1 aromatic carbocycles. The number of amides is 2. The zero-order valence-electron chi connectivity index (χ0n) is 17.2. The highest BCUT2D eigenvalue weighted by atomic mass is 16.6. The molecule has 1 aliphatic heterocycles. The first-order valence-corrected chi connectivity index (χ1v) is 9.99. The summed E-state index contributed by atoms with van der Waals surface area (Å²) in [6.45, 7) is 3.83. The molecular formula is C21H28N2O7. The van der Waals surface area contributed by atoms with E-state index in [1.165, 1.54) is 4.90 Å². The number of nitrogens with one attached hydrogen (secondary N) is 1. The predicted octanol–water partition coefficient (Wildman–Crippen LogP) is 1.95. The summed E-state index contributed by atoms with van der Waals surface area (Å²) >= 11 is 0. The first kappa shape index (κ1) is 23.2. The lowest BCUT2D eigenvalue weighted by Gasteiger charge is -2.26. The third kappa shape index (κ3) is 6.47. The number of esters is 1. The van der Waals surface area contributed by atoms with E-state index in [9.17, 15) is 24.3 Å². The summed E-state index contributed by atoms with van der Waals surface area (Å²) in [6, 6.07) is 7.08. The minimum atomic E-state index is -1.27. The molecule has 9 heteroatoms. The summed E-state index contributed by atoms with van der Waals surface area (Å²) in [4.78, 5) is 49.8. The van der Waals surface area contributed by atoms with Crippen molar-refractivity contribution in [1.29, 1.82) is 0 Å². The zero-order valence-corrected chi connectivity index (χ0v) is 17.2. The molecule has 0 aromatic heterocycles. The second kappa shape index (κ2) is 11.2. The minimum Gasteiger partial charge on any atom is -0.480 e.